The van der Waals surface area contributed by atoms with Crippen LogP contribution in [-0.2, 0) is 6.61 Å². The predicted molar refractivity (Wildman–Crippen MR) is 95.3 cm³/mol. The summed E-state index contributed by atoms with van der Waals surface area (Å²) in [6.07, 6.45) is 2.21. The van der Waals surface area contributed by atoms with Gasteiger partial charge in [0.1, 0.15) is 12.4 Å². The van der Waals surface area contributed by atoms with E-state index >= 15 is 0 Å². The Balaban J connectivity index is 2.17. The minimum absolute atomic E-state index is 0.00510. The first-order valence-corrected chi connectivity index (χ1v) is 8.12. The normalized spacial score (nSPS) is 10.8. The number of rotatable bonds is 6. The van der Waals surface area contributed by atoms with Gasteiger partial charge < -0.3 is 4.74 Å². The molecule has 0 N–H and O–H groups in total. The lowest BCUT2D eigenvalue weighted by molar-refractivity contribution is -0.400. The maximum absolute atomic E-state index is 10.8. The van der Waals surface area contributed by atoms with Crippen LogP contribution in [0.1, 0.15) is 11.1 Å². The molecule has 24 heavy (non-hydrogen) atoms. The first-order chi connectivity index (χ1) is 11.4. The van der Waals surface area contributed by atoms with Gasteiger partial charge >= 0.3 is 0 Å². The fourth-order valence-electron chi connectivity index (χ4n) is 1.88. The summed E-state index contributed by atoms with van der Waals surface area (Å²) in [6.45, 7) is 0.142. The Morgan fingerprint density at radius 2 is 1.75 bits per heavy atom. The molecule has 0 aliphatic carbocycles. The molecule has 0 aliphatic heterocycles. The Labute approximate surface area is 153 Å². The fourth-order valence-corrected chi connectivity index (χ4v) is 3.33. The molecule has 124 valence electrons. The molecule has 0 amide bonds. The van der Waals surface area contributed by atoms with E-state index in [9.17, 15) is 20.2 Å². The summed E-state index contributed by atoms with van der Waals surface area (Å²) < 4.78 is 6.90. The average molecular weight is 458 g/mol. The fraction of sp³-hybridized carbons (Fsp3) is 0.0667. The number of nitro groups is 2. The lowest BCUT2D eigenvalue weighted by atomic mass is 10.2. The Hall–Kier alpha value is -2.26. The number of nitrogens with zero attached hydrogens (tertiary/aromatic N) is 2. The van der Waals surface area contributed by atoms with Gasteiger partial charge in [0.05, 0.1) is 18.8 Å². The molecule has 0 bridgehead atoms. The van der Waals surface area contributed by atoms with E-state index in [1.807, 2.05) is 0 Å². The van der Waals surface area contributed by atoms with Gasteiger partial charge in [-0.1, -0.05) is 12.1 Å². The van der Waals surface area contributed by atoms with Crippen molar-refractivity contribution in [2.24, 2.45) is 0 Å². The maximum atomic E-state index is 10.8. The van der Waals surface area contributed by atoms with Crippen LogP contribution in [0, 0.1) is 20.2 Å². The van der Waals surface area contributed by atoms with E-state index < -0.39 is 9.85 Å². The standard InChI is InChI=1S/C15H10Br2N2O5/c16-13-7-10(4-5-18(20)21)8-14(17)15(13)24-9-11-2-1-3-12(6-11)19(22)23/h1-8H,9H2. The Morgan fingerprint density at radius 1 is 1.08 bits per heavy atom. The summed E-state index contributed by atoms with van der Waals surface area (Å²) in [5.41, 5.74) is 1.27. The van der Waals surface area contributed by atoms with Crippen LogP contribution in [-0.4, -0.2) is 9.85 Å². The Morgan fingerprint density at radius 3 is 2.33 bits per heavy atom. The molecule has 0 fully saturated rings. The first kappa shape index (κ1) is 18.1. The third-order valence-corrected chi connectivity index (χ3v) is 4.09. The van der Waals surface area contributed by atoms with E-state index in [-0.39, 0.29) is 12.3 Å². The SMILES string of the molecule is O=[N+]([O-])C=Cc1cc(Br)c(OCc2cccc([N+](=O)[O-])c2)c(Br)c1. The summed E-state index contributed by atoms with van der Waals surface area (Å²) >= 11 is 6.70. The lowest BCUT2D eigenvalue weighted by Crippen LogP contribution is -1.98. The molecular weight excluding hydrogens is 448 g/mol. The molecule has 2 aromatic rings. The summed E-state index contributed by atoms with van der Waals surface area (Å²) in [5.74, 6) is 0.500. The smallest absolute Gasteiger partial charge is 0.269 e. The third kappa shape index (κ3) is 4.87. The van der Waals surface area contributed by atoms with E-state index in [4.69, 9.17) is 4.74 Å². The Bertz CT molecular complexity index is 800. The quantitative estimate of drug-likeness (QED) is 0.451. The van der Waals surface area contributed by atoms with Crippen molar-refractivity contribution >= 4 is 43.6 Å². The van der Waals surface area contributed by atoms with E-state index in [0.717, 1.165) is 6.20 Å². The second-order valence-corrected chi connectivity index (χ2v) is 6.34. The highest BCUT2D eigenvalue weighted by Gasteiger charge is 2.11. The highest BCUT2D eigenvalue weighted by Crippen LogP contribution is 2.35. The summed E-state index contributed by atoms with van der Waals surface area (Å²) in [6, 6.07) is 9.51. The number of halogens is 2. The second-order valence-electron chi connectivity index (χ2n) is 4.63. The first-order valence-electron chi connectivity index (χ1n) is 6.53. The van der Waals surface area contributed by atoms with Gasteiger partial charge in [-0.05, 0) is 55.1 Å². The minimum atomic E-state index is -0.547. The monoisotopic (exact) mass is 456 g/mol. The van der Waals surface area contributed by atoms with Gasteiger partial charge in [-0.15, -0.1) is 0 Å². The molecule has 0 radical (unpaired) electrons. The topological polar surface area (TPSA) is 95.5 Å². The molecule has 2 aromatic carbocycles. The van der Waals surface area contributed by atoms with Gasteiger partial charge in [0, 0.05) is 18.2 Å². The van der Waals surface area contributed by atoms with Crippen LogP contribution in [0.15, 0.2) is 51.5 Å². The van der Waals surface area contributed by atoms with Gasteiger partial charge in [0.15, 0.2) is 0 Å². The van der Waals surface area contributed by atoms with Crippen molar-refractivity contribution in [3.63, 3.8) is 0 Å². The zero-order chi connectivity index (χ0) is 17.7. The number of non-ortho nitro benzene ring substituents is 1. The van der Waals surface area contributed by atoms with Crippen LogP contribution in [0.4, 0.5) is 5.69 Å². The molecule has 0 saturated carbocycles. The van der Waals surface area contributed by atoms with Crippen LogP contribution in [0.3, 0.4) is 0 Å². The van der Waals surface area contributed by atoms with Crippen molar-refractivity contribution in [1.82, 2.24) is 0 Å². The lowest BCUT2D eigenvalue weighted by Gasteiger charge is -2.11. The minimum Gasteiger partial charge on any atom is -0.487 e. The van der Waals surface area contributed by atoms with Crippen LogP contribution in [0.25, 0.3) is 6.08 Å². The highest BCUT2D eigenvalue weighted by atomic mass is 79.9. The molecule has 0 saturated heterocycles. The summed E-state index contributed by atoms with van der Waals surface area (Å²) in [4.78, 5) is 20.1. The summed E-state index contributed by atoms with van der Waals surface area (Å²) in [5, 5.41) is 21.1. The van der Waals surface area contributed by atoms with Gasteiger partial charge in [-0.25, -0.2) is 0 Å². The molecule has 9 heteroatoms. The van der Waals surface area contributed by atoms with Crippen LogP contribution >= 0.6 is 31.9 Å². The van der Waals surface area contributed by atoms with Crippen molar-refractivity contribution in [3.05, 3.63) is 82.9 Å². The van der Waals surface area contributed by atoms with Crippen LogP contribution < -0.4 is 4.74 Å². The van der Waals surface area contributed by atoms with E-state index in [1.54, 1.807) is 24.3 Å². The number of nitro benzene ring substituents is 1. The zero-order valence-electron chi connectivity index (χ0n) is 12.0. The predicted octanol–water partition coefficient (Wildman–Crippen LogP) is 4.95. The highest BCUT2D eigenvalue weighted by molar-refractivity contribution is 9.11. The van der Waals surface area contributed by atoms with Gasteiger partial charge in [-0.2, -0.15) is 0 Å². The van der Waals surface area contributed by atoms with Gasteiger partial charge in [-0.3, -0.25) is 20.2 Å². The van der Waals surface area contributed by atoms with Gasteiger partial charge in [0.25, 0.3) is 5.69 Å². The molecule has 0 atom stereocenters. The average Bonchev–Trinajstić information content (AvgIpc) is 2.52. The zero-order valence-corrected chi connectivity index (χ0v) is 15.2. The van der Waals surface area contributed by atoms with Crippen LogP contribution in [0.2, 0.25) is 0 Å². The van der Waals surface area contributed by atoms with E-state index in [2.05, 4.69) is 31.9 Å². The van der Waals surface area contributed by atoms with Crippen molar-refractivity contribution in [2.75, 3.05) is 0 Å². The van der Waals surface area contributed by atoms with Crippen molar-refractivity contribution in [2.45, 2.75) is 6.61 Å². The Kier molecular flexibility index (Phi) is 6.04. The second kappa shape index (κ2) is 8.02. The molecule has 0 heterocycles. The van der Waals surface area contributed by atoms with E-state index in [0.29, 0.717) is 25.8 Å². The van der Waals surface area contributed by atoms with Crippen molar-refractivity contribution in [3.8, 4) is 5.75 Å². The van der Waals surface area contributed by atoms with Gasteiger partial charge in [0.2, 0.25) is 6.20 Å². The molecule has 0 unspecified atom stereocenters. The molecule has 0 aromatic heterocycles. The molecular formula is C15H10Br2N2O5. The third-order valence-electron chi connectivity index (χ3n) is 2.91. The molecule has 2 rings (SSSR count). The number of hydrogen-bond donors (Lipinski definition) is 0. The molecule has 7 nitrogen and oxygen atoms in total. The van der Waals surface area contributed by atoms with Crippen molar-refractivity contribution in [1.29, 1.82) is 0 Å². The summed E-state index contributed by atoms with van der Waals surface area (Å²) in [7, 11) is 0. The maximum Gasteiger partial charge on any atom is 0.269 e. The molecule has 0 aliphatic rings. The van der Waals surface area contributed by atoms with Crippen LogP contribution in [0.5, 0.6) is 5.75 Å². The van der Waals surface area contributed by atoms with E-state index in [1.165, 1.54) is 18.2 Å². The number of ether oxygens (including phenoxy) is 1. The molecule has 0 spiro atoms. The largest absolute Gasteiger partial charge is 0.487 e. The number of hydrogen-bond acceptors (Lipinski definition) is 5. The van der Waals surface area contributed by atoms with Crippen molar-refractivity contribution < 1.29 is 14.6 Å². The number of benzene rings is 2.